The Bertz CT molecular complexity index is 1650. The predicted molar refractivity (Wildman–Crippen MR) is 131 cm³/mol. The number of rotatable bonds is 4. The molecular weight excluding hydrogens is 430 g/mol. The summed E-state index contributed by atoms with van der Waals surface area (Å²) >= 11 is 0. The van der Waals surface area contributed by atoms with Crippen LogP contribution in [0.15, 0.2) is 80.4 Å². The second-order valence-corrected chi connectivity index (χ2v) is 8.38. The fraction of sp³-hybridized carbons (Fsp3) is 0.107. The molecule has 5 aromatic rings. The first-order chi connectivity index (χ1) is 16.3. The predicted octanol–water partition coefficient (Wildman–Crippen LogP) is 5.95. The minimum Gasteiger partial charge on any atom is -0.451 e. The van der Waals surface area contributed by atoms with Gasteiger partial charge >= 0.3 is 0 Å². The molecular formula is C28H21NO5. The number of anilines is 1. The van der Waals surface area contributed by atoms with Crippen LogP contribution in [-0.4, -0.2) is 11.7 Å². The van der Waals surface area contributed by atoms with Crippen molar-refractivity contribution in [2.45, 2.75) is 20.8 Å². The van der Waals surface area contributed by atoms with Crippen molar-refractivity contribution < 1.29 is 18.4 Å². The van der Waals surface area contributed by atoms with Crippen molar-refractivity contribution in [1.82, 2.24) is 0 Å². The quantitative estimate of drug-likeness (QED) is 0.341. The zero-order valence-corrected chi connectivity index (χ0v) is 18.9. The zero-order chi connectivity index (χ0) is 24.0. The summed E-state index contributed by atoms with van der Waals surface area (Å²) in [4.78, 5) is 39.2. The van der Waals surface area contributed by atoms with E-state index in [0.717, 1.165) is 16.7 Å². The molecule has 34 heavy (non-hydrogen) atoms. The Morgan fingerprint density at radius 2 is 1.53 bits per heavy atom. The van der Waals surface area contributed by atoms with E-state index in [1.807, 2.05) is 39.0 Å². The molecule has 6 nitrogen and oxygen atoms in total. The molecule has 0 unspecified atom stereocenters. The molecule has 0 spiro atoms. The average Bonchev–Trinajstić information content (AvgIpc) is 3.16. The van der Waals surface area contributed by atoms with Gasteiger partial charge in [0.15, 0.2) is 16.9 Å². The number of carbonyl (C=O) groups excluding carboxylic acids is 2. The van der Waals surface area contributed by atoms with Gasteiger partial charge < -0.3 is 14.2 Å². The topological polar surface area (TPSA) is 89.5 Å². The van der Waals surface area contributed by atoms with Crippen LogP contribution in [0.2, 0.25) is 0 Å². The van der Waals surface area contributed by atoms with Crippen LogP contribution < -0.4 is 10.7 Å². The van der Waals surface area contributed by atoms with Gasteiger partial charge in [-0.1, -0.05) is 48.0 Å². The number of furan rings is 1. The summed E-state index contributed by atoms with van der Waals surface area (Å²) in [5, 5.41) is 3.75. The molecule has 2 aromatic heterocycles. The van der Waals surface area contributed by atoms with Gasteiger partial charge in [0.2, 0.25) is 5.78 Å². The van der Waals surface area contributed by atoms with E-state index >= 15 is 0 Å². The van der Waals surface area contributed by atoms with Gasteiger partial charge in [0.25, 0.3) is 5.91 Å². The molecule has 0 radical (unpaired) electrons. The third-order valence-corrected chi connectivity index (χ3v) is 5.75. The van der Waals surface area contributed by atoms with Crippen molar-refractivity contribution in [3.8, 4) is 0 Å². The molecule has 0 bridgehead atoms. The summed E-state index contributed by atoms with van der Waals surface area (Å²) in [5.74, 6) is -1.16. The molecule has 0 fully saturated rings. The number of ketones is 1. The molecule has 0 aliphatic rings. The van der Waals surface area contributed by atoms with Crippen molar-refractivity contribution in [3.63, 3.8) is 0 Å². The Balaban J connectivity index is 1.59. The van der Waals surface area contributed by atoms with Crippen LogP contribution in [0.3, 0.4) is 0 Å². The maximum Gasteiger partial charge on any atom is 0.291 e. The largest absolute Gasteiger partial charge is 0.451 e. The second-order valence-electron chi connectivity index (χ2n) is 8.38. The number of fused-ring (bicyclic) bond motifs is 2. The van der Waals surface area contributed by atoms with E-state index in [1.165, 1.54) is 6.07 Å². The first kappa shape index (κ1) is 21.4. The van der Waals surface area contributed by atoms with E-state index in [9.17, 15) is 14.4 Å². The lowest BCUT2D eigenvalue weighted by Crippen LogP contribution is -2.17. The lowest BCUT2D eigenvalue weighted by atomic mass is 10.1. The molecule has 5 rings (SSSR count). The summed E-state index contributed by atoms with van der Waals surface area (Å²) in [5.41, 5.74) is 3.86. The summed E-state index contributed by atoms with van der Waals surface area (Å²) < 4.78 is 11.6. The Labute approximate surface area is 194 Å². The monoisotopic (exact) mass is 451 g/mol. The summed E-state index contributed by atoms with van der Waals surface area (Å²) in [6, 6.07) is 18.9. The summed E-state index contributed by atoms with van der Waals surface area (Å²) in [6.45, 7) is 5.65. The number of para-hydroxylation sites is 1. The van der Waals surface area contributed by atoms with Crippen LogP contribution in [0.4, 0.5) is 5.69 Å². The number of hydrogen-bond donors (Lipinski definition) is 1. The van der Waals surface area contributed by atoms with Gasteiger partial charge in [-0.2, -0.15) is 0 Å². The highest BCUT2D eigenvalue weighted by atomic mass is 16.4. The van der Waals surface area contributed by atoms with Crippen molar-refractivity contribution in [2.24, 2.45) is 0 Å². The first-order valence-corrected chi connectivity index (χ1v) is 10.8. The number of amides is 1. The van der Waals surface area contributed by atoms with Crippen LogP contribution in [0, 0.1) is 20.8 Å². The standard InChI is InChI=1S/C28H21NO5/c1-15-8-10-18(11-9-15)26(31)27-25(19-6-4-5-7-21(19)34-27)29-28(32)23-14-20(30)24-17(3)12-16(2)13-22(24)33-23/h4-14H,1-3H3,(H,29,32). The first-order valence-electron chi connectivity index (χ1n) is 10.8. The molecule has 0 aliphatic heterocycles. The molecule has 1 N–H and O–H groups in total. The molecule has 3 aromatic carbocycles. The van der Waals surface area contributed by atoms with Crippen LogP contribution in [0.5, 0.6) is 0 Å². The van der Waals surface area contributed by atoms with Gasteiger partial charge in [0, 0.05) is 17.0 Å². The highest BCUT2D eigenvalue weighted by molar-refractivity contribution is 6.18. The molecule has 0 aliphatic carbocycles. The van der Waals surface area contributed by atoms with E-state index in [2.05, 4.69) is 5.32 Å². The Hall–Kier alpha value is -4.45. The van der Waals surface area contributed by atoms with E-state index in [0.29, 0.717) is 27.5 Å². The highest BCUT2D eigenvalue weighted by Crippen LogP contribution is 2.33. The Morgan fingerprint density at radius 1 is 0.794 bits per heavy atom. The van der Waals surface area contributed by atoms with Crippen molar-refractivity contribution in [1.29, 1.82) is 0 Å². The van der Waals surface area contributed by atoms with Gasteiger partial charge in [-0.3, -0.25) is 14.4 Å². The molecule has 168 valence electrons. The number of nitrogens with one attached hydrogen (secondary N) is 1. The third-order valence-electron chi connectivity index (χ3n) is 5.75. The fourth-order valence-electron chi connectivity index (χ4n) is 4.12. The zero-order valence-electron chi connectivity index (χ0n) is 18.9. The molecule has 0 saturated carbocycles. The molecule has 6 heteroatoms. The van der Waals surface area contributed by atoms with E-state index in [-0.39, 0.29) is 28.4 Å². The van der Waals surface area contributed by atoms with Crippen molar-refractivity contribution >= 4 is 39.3 Å². The molecule has 1 amide bonds. The second kappa shape index (κ2) is 8.15. The maximum absolute atomic E-state index is 13.3. The normalized spacial score (nSPS) is 11.1. The van der Waals surface area contributed by atoms with Crippen molar-refractivity contribution in [2.75, 3.05) is 5.32 Å². The van der Waals surface area contributed by atoms with Gasteiger partial charge in [0.1, 0.15) is 11.2 Å². The lowest BCUT2D eigenvalue weighted by Gasteiger charge is -2.08. The minimum absolute atomic E-state index is 0.00762. The van der Waals surface area contributed by atoms with E-state index in [1.54, 1.807) is 42.5 Å². The molecule has 0 atom stereocenters. The Kier molecular flexibility index (Phi) is 5.13. The van der Waals surface area contributed by atoms with Gasteiger partial charge in [-0.25, -0.2) is 0 Å². The summed E-state index contributed by atoms with van der Waals surface area (Å²) in [7, 11) is 0. The average molecular weight is 451 g/mol. The minimum atomic E-state index is -0.650. The number of hydrogen-bond acceptors (Lipinski definition) is 5. The number of aryl methyl sites for hydroxylation is 3. The summed E-state index contributed by atoms with van der Waals surface area (Å²) in [6.07, 6.45) is 0. The Morgan fingerprint density at radius 3 is 2.29 bits per heavy atom. The number of benzene rings is 3. The number of carbonyl (C=O) groups is 2. The van der Waals surface area contributed by atoms with Crippen molar-refractivity contribution in [3.05, 3.63) is 111 Å². The highest BCUT2D eigenvalue weighted by Gasteiger charge is 2.25. The van der Waals surface area contributed by atoms with E-state index in [4.69, 9.17) is 8.83 Å². The molecule has 2 heterocycles. The van der Waals surface area contributed by atoms with E-state index < -0.39 is 5.91 Å². The molecule has 0 saturated heterocycles. The maximum atomic E-state index is 13.3. The third kappa shape index (κ3) is 3.69. The lowest BCUT2D eigenvalue weighted by molar-refractivity contribution is 0.0997. The smallest absolute Gasteiger partial charge is 0.291 e. The van der Waals surface area contributed by atoms with Gasteiger partial charge in [0.05, 0.1) is 11.1 Å². The SMILES string of the molecule is Cc1ccc(C(=O)c2oc3ccccc3c2NC(=O)c2cc(=O)c3c(C)cc(C)cc3o2)cc1. The van der Waals surface area contributed by atoms with Gasteiger partial charge in [-0.15, -0.1) is 0 Å². The fourth-order valence-corrected chi connectivity index (χ4v) is 4.12. The van der Waals surface area contributed by atoms with Crippen LogP contribution >= 0.6 is 0 Å². The van der Waals surface area contributed by atoms with Gasteiger partial charge in [-0.05, 0) is 50.1 Å². The van der Waals surface area contributed by atoms with Crippen LogP contribution in [0.1, 0.15) is 43.4 Å². The van der Waals surface area contributed by atoms with Crippen LogP contribution in [-0.2, 0) is 0 Å². The van der Waals surface area contributed by atoms with Crippen LogP contribution in [0.25, 0.3) is 21.9 Å².